The molecule has 0 bridgehead atoms. The summed E-state index contributed by atoms with van der Waals surface area (Å²) >= 11 is 0. The summed E-state index contributed by atoms with van der Waals surface area (Å²) in [7, 11) is 2.09. The van der Waals surface area contributed by atoms with Gasteiger partial charge >= 0.3 is 0 Å². The van der Waals surface area contributed by atoms with E-state index >= 15 is 0 Å². The van der Waals surface area contributed by atoms with Gasteiger partial charge in [-0.3, -0.25) is 9.97 Å². The van der Waals surface area contributed by atoms with Crippen molar-refractivity contribution >= 4 is 21.8 Å². The number of aromatic nitrogens is 3. The number of fused-ring (bicyclic) bond motifs is 3. The maximum absolute atomic E-state index is 4.60. The molecule has 3 aromatic heterocycles. The number of benzene rings is 1. The van der Waals surface area contributed by atoms with Gasteiger partial charge < -0.3 is 4.57 Å². The Morgan fingerprint density at radius 2 is 1.76 bits per heavy atom. The van der Waals surface area contributed by atoms with Crippen LogP contribution in [0.2, 0.25) is 0 Å². The van der Waals surface area contributed by atoms with E-state index in [-0.39, 0.29) is 0 Å². The molecule has 0 aliphatic heterocycles. The second-order valence-electron chi connectivity index (χ2n) is 5.32. The van der Waals surface area contributed by atoms with Crippen molar-refractivity contribution in [1.82, 2.24) is 14.5 Å². The third-order valence-corrected chi connectivity index (χ3v) is 4.00. The number of aryl methyl sites for hydroxylation is 2. The lowest BCUT2D eigenvalue weighted by atomic mass is 10.1. The Morgan fingerprint density at radius 1 is 0.905 bits per heavy atom. The molecule has 0 amide bonds. The summed E-state index contributed by atoms with van der Waals surface area (Å²) in [5, 5.41) is 2.50. The Bertz CT molecular complexity index is 949. The molecular formula is C18H15N3. The highest BCUT2D eigenvalue weighted by Gasteiger charge is 2.13. The summed E-state index contributed by atoms with van der Waals surface area (Å²) < 4.78 is 2.22. The summed E-state index contributed by atoms with van der Waals surface area (Å²) in [6.07, 6.45) is 3.78. The maximum atomic E-state index is 4.60. The molecule has 0 fully saturated rings. The fraction of sp³-hybridized carbons (Fsp3) is 0.111. The molecule has 0 aliphatic carbocycles. The van der Waals surface area contributed by atoms with Crippen LogP contribution >= 0.6 is 0 Å². The van der Waals surface area contributed by atoms with Crippen molar-refractivity contribution < 1.29 is 0 Å². The number of rotatable bonds is 1. The lowest BCUT2D eigenvalue weighted by Gasteiger charge is -2.05. The Hall–Kier alpha value is -2.68. The van der Waals surface area contributed by atoms with Crippen LogP contribution in [0.5, 0.6) is 0 Å². The summed E-state index contributed by atoms with van der Waals surface area (Å²) in [4.78, 5) is 9.00. The van der Waals surface area contributed by atoms with Crippen LogP contribution in [0.15, 0.2) is 54.9 Å². The van der Waals surface area contributed by atoms with E-state index in [4.69, 9.17) is 0 Å². The Morgan fingerprint density at radius 3 is 2.57 bits per heavy atom. The van der Waals surface area contributed by atoms with Gasteiger partial charge in [0.2, 0.25) is 0 Å². The van der Waals surface area contributed by atoms with Crippen LogP contribution in [0.25, 0.3) is 33.1 Å². The van der Waals surface area contributed by atoms with Crippen LogP contribution in [-0.4, -0.2) is 14.5 Å². The van der Waals surface area contributed by atoms with Gasteiger partial charge in [0.05, 0.1) is 11.2 Å². The molecule has 0 spiro atoms. The zero-order valence-electron chi connectivity index (χ0n) is 12.0. The van der Waals surface area contributed by atoms with Crippen molar-refractivity contribution in [3.8, 4) is 11.3 Å². The topological polar surface area (TPSA) is 30.7 Å². The van der Waals surface area contributed by atoms with E-state index in [1.807, 2.05) is 25.4 Å². The van der Waals surface area contributed by atoms with Crippen LogP contribution in [0.3, 0.4) is 0 Å². The molecule has 102 valence electrons. The number of hydrogen-bond acceptors (Lipinski definition) is 2. The highest BCUT2D eigenvalue weighted by Crippen LogP contribution is 2.33. The normalized spacial score (nSPS) is 11.3. The molecule has 1 aromatic carbocycles. The highest BCUT2D eigenvalue weighted by atomic mass is 15.0. The predicted molar refractivity (Wildman–Crippen MR) is 86.2 cm³/mol. The summed E-state index contributed by atoms with van der Waals surface area (Å²) in [6, 6.07) is 14.7. The zero-order chi connectivity index (χ0) is 14.4. The lowest BCUT2D eigenvalue weighted by Crippen LogP contribution is -1.93. The van der Waals surface area contributed by atoms with E-state index in [1.165, 1.54) is 16.3 Å². The van der Waals surface area contributed by atoms with Crippen molar-refractivity contribution in [3.05, 3.63) is 60.6 Å². The molecule has 0 saturated carbocycles. The van der Waals surface area contributed by atoms with Gasteiger partial charge in [-0.15, -0.1) is 0 Å². The number of hydrogen-bond donors (Lipinski definition) is 0. The van der Waals surface area contributed by atoms with Gasteiger partial charge in [0.25, 0.3) is 0 Å². The van der Waals surface area contributed by atoms with Gasteiger partial charge in [0.1, 0.15) is 0 Å². The molecule has 3 nitrogen and oxygen atoms in total. The molecule has 4 aromatic rings. The minimum Gasteiger partial charge on any atom is -0.342 e. The van der Waals surface area contributed by atoms with Gasteiger partial charge in [0, 0.05) is 47.0 Å². The molecule has 0 N–H and O–H groups in total. The summed E-state index contributed by atoms with van der Waals surface area (Å²) in [5.74, 6) is 0. The van der Waals surface area contributed by atoms with E-state index in [0.29, 0.717) is 0 Å². The maximum Gasteiger partial charge on any atom is 0.0960 e. The first-order chi connectivity index (χ1) is 10.3. The molecule has 0 unspecified atom stereocenters. The fourth-order valence-corrected chi connectivity index (χ4v) is 2.94. The molecule has 0 aliphatic rings. The minimum absolute atomic E-state index is 0.985. The Kier molecular flexibility index (Phi) is 2.54. The van der Waals surface area contributed by atoms with E-state index in [9.17, 15) is 0 Å². The molecule has 0 radical (unpaired) electrons. The highest BCUT2D eigenvalue weighted by molar-refractivity contribution is 6.11. The van der Waals surface area contributed by atoms with E-state index in [1.54, 1.807) is 0 Å². The summed E-state index contributed by atoms with van der Waals surface area (Å²) in [5.41, 5.74) is 5.44. The molecule has 4 rings (SSSR count). The van der Waals surface area contributed by atoms with E-state index in [2.05, 4.69) is 58.0 Å². The average molecular weight is 273 g/mol. The zero-order valence-corrected chi connectivity index (χ0v) is 12.0. The van der Waals surface area contributed by atoms with Gasteiger partial charge in [0.15, 0.2) is 0 Å². The molecular weight excluding hydrogens is 258 g/mol. The van der Waals surface area contributed by atoms with E-state index in [0.717, 1.165) is 22.5 Å². The monoisotopic (exact) mass is 273 g/mol. The second kappa shape index (κ2) is 4.42. The van der Waals surface area contributed by atoms with Gasteiger partial charge in [-0.1, -0.05) is 18.2 Å². The molecule has 21 heavy (non-hydrogen) atoms. The Balaban J connectivity index is 2.13. The summed E-state index contributed by atoms with van der Waals surface area (Å²) in [6.45, 7) is 1.99. The first-order valence-corrected chi connectivity index (χ1v) is 7.01. The van der Waals surface area contributed by atoms with Crippen LogP contribution in [0.4, 0.5) is 0 Å². The SMILES string of the molecule is Cc1ccc(-c2nccc3c4ccccc4n(C)c23)cn1. The van der Waals surface area contributed by atoms with Crippen LogP contribution in [-0.2, 0) is 7.05 Å². The standard InChI is InChI=1S/C18H15N3/c1-12-7-8-13(11-20-12)17-18-15(9-10-19-17)14-5-3-4-6-16(14)21(18)2/h3-11H,1-2H3. The lowest BCUT2D eigenvalue weighted by molar-refractivity contribution is 1.01. The second-order valence-corrected chi connectivity index (χ2v) is 5.32. The predicted octanol–water partition coefficient (Wildman–Crippen LogP) is 4.10. The van der Waals surface area contributed by atoms with Crippen molar-refractivity contribution in [2.24, 2.45) is 7.05 Å². The van der Waals surface area contributed by atoms with Crippen molar-refractivity contribution in [2.45, 2.75) is 6.92 Å². The Labute approximate surface area is 122 Å². The molecule has 0 saturated heterocycles. The average Bonchev–Trinajstić information content (AvgIpc) is 2.82. The minimum atomic E-state index is 0.985. The number of para-hydroxylation sites is 1. The van der Waals surface area contributed by atoms with Crippen LogP contribution in [0.1, 0.15) is 5.69 Å². The molecule has 3 heterocycles. The van der Waals surface area contributed by atoms with Crippen LogP contribution < -0.4 is 0 Å². The van der Waals surface area contributed by atoms with E-state index < -0.39 is 0 Å². The smallest absolute Gasteiger partial charge is 0.0960 e. The quantitative estimate of drug-likeness (QED) is 0.523. The largest absolute Gasteiger partial charge is 0.342 e. The van der Waals surface area contributed by atoms with Crippen LogP contribution in [0, 0.1) is 6.92 Å². The fourth-order valence-electron chi connectivity index (χ4n) is 2.94. The van der Waals surface area contributed by atoms with Crippen molar-refractivity contribution in [3.63, 3.8) is 0 Å². The third-order valence-electron chi connectivity index (χ3n) is 4.00. The first kappa shape index (κ1) is 12.1. The number of pyridine rings is 2. The number of nitrogens with zero attached hydrogens (tertiary/aromatic N) is 3. The van der Waals surface area contributed by atoms with Gasteiger partial charge in [-0.05, 0) is 31.2 Å². The molecule has 3 heteroatoms. The van der Waals surface area contributed by atoms with Gasteiger partial charge in [-0.25, -0.2) is 0 Å². The van der Waals surface area contributed by atoms with Crippen molar-refractivity contribution in [2.75, 3.05) is 0 Å². The van der Waals surface area contributed by atoms with Gasteiger partial charge in [-0.2, -0.15) is 0 Å². The van der Waals surface area contributed by atoms with Crippen molar-refractivity contribution in [1.29, 1.82) is 0 Å². The third kappa shape index (κ3) is 1.74. The molecule has 0 atom stereocenters. The first-order valence-electron chi connectivity index (χ1n) is 7.01.